The summed E-state index contributed by atoms with van der Waals surface area (Å²) in [4.78, 5) is 9.73. The predicted octanol–water partition coefficient (Wildman–Crippen LogP) is 5.16. The van der Waals surface area contributed by atoms with Gasteiger partial charge in [-0.25, -0.2) is 14.4 Å². The largest absolute Gasteiger partial charge is 0.496 e. The lowest BCUT2D eigenvalue weighted by atomic mass is 9.88. The van der Waals surface area contributed by atoms with Gasteiger partial charge in [0.05, 0.1) is 19.9 Å². The molecule has 6 heteroatoms. The number of halogens is 1. The van der Waals surface area contributed by atoms with Crippen molar-refractivity contribution < 1.29 is 13.9 Å². The molecule has 2 N–H and O–H groups in total. The third-order valence-corrected chi connectivity index (χ3v) is 5.79. The second-order valence-electron chi connectivity index (χ2n) is 7.94. The summed E-state index contributed by atoms with van der Waals surface area (Å²) >= 11 is 0. The molecule has 0 aromatic heterocycles. The molecule has 0 radical (unpaired) electrons. The van der Waals surface area contributed by atoms with E-state index in [9.17, 15) is 4.39 Å². The van der Waals surface area contributed by atoms with Gasteiger partial charge in [0.2, 0.25) is 5.66 Å². The van der Waals surface area contributed by atoms with Crippen molar-refractivity contribution >= 4 is 11.5 Å². The van der Waals surface area contributed by atoms with Gasteiger partial charge in [0.15, 0.2) is 0 Å². The summed E-state index contributed by atoms with van der Waals surface area (Å²) in [6.45, 7) is 5.84. The number of rotatable bonds is 5. The highest BCUT2D eigenvalue weighted by Crippen LogP contribution is 2.43. The van der Waals surface area contributed by atoms with Crippen molar-refractivity contribution in [3.63, 3.8) is 0 Å². The minimum absolute atomic E-state index is 0.334. The first-order valence-corrected chi connectivity index (χ1v) is 10.3. The quantitative estimate of drug-likeness (QED) is 0.607. The van der Waals surface area contributed by atoms with Crippen LogP contribution in [-0.4, -0.2) is 25.8 Å². The maximum Gasteiger partial charge on any atom is 0.204 e. The summed E-state index contributed by atoms with van der Waals surface area (Å²) in [6, 6.07) is 16.3. The van der Waals surface area contributed by atoms with E-state index >= 15 is 0 Å². The number of hydrogen-bond donors (Lipinski definition) is 1. The van der Waals surface area contributed by atoms with Crippen LogP contribution in [-0.2, 0) is 5.66 Å². The van der Waals surface area contributed by atoms with E-state index < -0.39 is 5.66 Å². The van der Waals surface area contributed by atoms with Crippen LogP contribution < -0.4 is 15.2 Å². The highest BCUT2D eigenvalue weighted by atomic mass is 19.1. The van der Waals surface area contributed by atoms with Gasteiger partial charge in [-0.15, -0.1) is 0 Å². The summed E-state index contributed by atoms with van der Waals surface area (Å²) < 4.78 is 25.1. The summed E-state index contributed by atoms with van der Waals surface area (Å²) in [7, 11) is 3.23. The maximum absolute atomic E-state index is 14.0. The van der Waals surface area contributed by atoms with Gasteiger partial charge >= 0.3 is 0 Å². The number of ether oxygens (including phenoxy) is 2. The number of nitrogens with zero attached hydrogens (tertiary/aromatic N) is 2. The van der Waals surface area contributed by atoms with Crippen molar-refractivity contribution in [3.8, 4) is 22.6 Å². The lowest BCUT2D eigenvalue weighted by Crippen LogP contribution is -2.23. The van der Waals surface area contributed by atoms with Gasteiger partial charge in [-0.1, -0.05) is 18.2 Å². The molecule has 1 heterocycles. The van der Waals surface area contributed by atoms with Crippen LogP contribution in [0.3, 0.4) is 0 Å². The number of amidine groups is 1. The number of aliphatic imine (C=N–C) groups is 2. The van der Waals surface area contributed by atoms with E-state index in [0.29, 0.717) is 22.9 Å². The molecule has 1 atom stereocenters. The zero-order valence-corrected chi connectivity index (χ0v) is 18.9. The zero-order valence-electron chi connectivity index (χ0n) is 18.9. The zero-order chi connectivity index (χ0) is 23.0. The molecule has 0 amide bonds. The van der Waals surface area contributed by atoms with Crippen LogP contribution in [0.1, 0.15) is 29.2 Å². The number of methoxy groups -OCH3 is 2. The van der Waals surface area contributed by atoms with E-state index in [1.54, 1.807) is 20.3 Å². The second-order valence-corrected chi connectivity index (χ2v) is 7.94. The molecule has 4 rings (SSSR count). The molecule has 0 spiro atoms. The van der Waals surface area contributed by atoms with Crippen molar-refractivity contribution in [3.05, 3.63) is 82.7 Å². The molecule has 32 heavy (non-hydrogen) atoms. The molecule has 0 saturated heterocycles. The van der Waals surface area contributed by atoms with E-state index in [0.717, 1.165) is 33.6 Å². The van der Waals surface area contributed by atoms with Crippen LogP contribution in [0.5, 0.6) is 11.5 Å². The minimum Gasteiger partial charge on any atom is -0.496 e. The van der Waals surface area contributed by atoms with Crippen molar-refractivity contribution in [1.29, 1.82) is 0 Å². The fourth-order valence-electron chi connectivity index (χ4n) is 4.29. The van der Waals surface area contributed by atoms with Gasteiger partial charge in [0.1, 0.15) is 23.2 Å². The van der Waals surface area contributed by atoms with Crippen molar-refractivity contribution in [1.82, 2.24) is 0 Å². The fourth-order valence-corrected chi connectivity index (χ4v) is 4.29. The molecular weight excluding hydrogens is 405 g/mol. The lowest BCUT2D eigenvalue weighted by molar-refractivity contribution is 0.408. The SMILES string of the molecule is COc1ccc(F)cc1-c1cccc(C2(c3cc(C)c(OC)c(C)c3)N=C(C)C(N)=N2)c1. The Labute approximate surface area is 187 Å². The van der Waals surface area contributed by atoms with Crippen LogP contribution in [0.15, 0.2) is 64.6 Å². The molecular formula is C26H26FN3O2. The van der Waals surface area contributed by atoms with Crippen LogP contribution in [0.4, 0.5) is 4.39 Å². The van der Waals surface area contributed by atoms with E-state index in [4.69, 9.17) is 25.2 Å². The molecule has 0 bridgehead atoms. The number of hydrogen-bond acceptors (Lipinski definition) is 5. The predicted molar refractivity (Wildman–Crippen MR) is 126 cm³/mol. The molecule has 5 nitrogen and oxygen atoms in total. The number of aryl methyl sites for hydroxylation is 2. The monoisotopic (exact) mass is 431 g/mol. The Kier molecular flexibility index (Phi) is 5.46. The van der Waals surface area contributed by atoms with E-state index in [1.807, 2.05) is 57.2 Å². The van der Waals surface area contributed by atoms with Gasteiger partial charge in [-0.05, 0) is 73.9 Å². The normalized spacial score (nSPS) is 17.7. The Bertz CT molecular complexity index is 1220. The maximum atomic E-state index is 14.0. The molecule has 0 fully saturated rings. The first-order valence-electron chi connectivity index (χ1n) is 10.3. The van der Waals surface area contributed by atoms with Gasteiger partial charge in [0.25, 0.3) is 0 Å². The van der Waals surface area contributed by atoms with Crippen LogP contribution in [0.25, 0.3) is 11.1 Å². The van der Waals surface area contributed by atoms with Crippen LogP contribution >= 0.6 is 0 Å². The molecule has 1 aliphatic heterocycles. The number of benzene rings is 3. The van der Waals surface area contributed by atoms with Crippen LogP contribution in [0.2, 0.25) is 0 Å². The van der Waals surface area contributed by atoms with E-state index in [2.05, 4.69) is 0 Å². The average molecular weight is 432 g/mol. The second kappa shape index (κ2) is 8.11. The molecule has 1 aliphatic rings. The molecule has 1 unspecified atom stereocenters. The highest BCUT2D eigenvalue weighted by molar-refractivity contribution is 6.41. The van der Waals surface area contributed by atoms with Crippen molar-refractivity contribution in [2.45, 2.75) is 26.4 Å². The lowest BCUT2D eigenvalue weighted by Gasteiger charge is -2.26. The Morgan fingerprint density at radius 1 is 0.844 bits per heavy atom. The van der Waals surface area contributed by atoms with Crippen LogP contribution in [0, 0.1) is 19.7 Å². The fraction of sp³-hybridized carbons (Fsp3) is 0.231. The summed E-state index contributed by atoms with van der Waals surface area (Å²) in [5.41, 5.74) is 11.0. The smallest absolute Gasteiger partial charge is 0.204 e. The molecule has 0 saturated carbocycles. The Morgan fingerprint density at radius 3 is 2.16 bits per heavy atom. The highest BCUT2D eigenvalue weighted by Gasteiger charge is 2.39. The topological polar surface area (TPSA) is 69.2 Å². The third-order valence-electron chi connectivity index (χ3n) is 5.79. The summed E-state index contributed by atoms with van der Waals surface area (Å²) in [6.07, 6.45) is 0. The Morgan fingerprint density at radius 2 is 1.56 bits per heavy atom. The number of nitrogens with two attached hydrogens (primary N) is 1. The Hall–Kier alpha value is -3.67. The van der Waals surface area contributed by atoms with Gasteiger partial charge in [0, 0.05) is 16.7 Å². The van der Waals surface area contributed by atoms with Crippen molar-refractivity contribution in [2.24, 2.45) is 15.7 Å². The standard InChI is InChI=1S/C26H26FN3O2/c1-15-11-20(12-16(2)24(15)32-5)26(29-17(3)25(28)30-26)19-8-6-7-18(13-19)22-14-21(27)9-10-23(22)31-4/h6-14H,1-5H3,(H2,28,30). The molecule has 164 valence electrons. The first-order chi connectivity index (χ1) is 15.3. The Balaban J connectivity index is 1.95. The minimum atomic E-state index is -1.04. The van der Waals surface area contributed by atoms with E-state index in [1.165, 1.54) is 12.1 Å². The molecule has 3 aromatic rings. The van der Waals surface area contributed by atoms with Gasteiger partial charge < -0.3 is 15.2 Å². The molecule has 3 aromatic carbocycles. The average Bonchev–Trinajstić information content (AvgIpc) is 3.09. The summed E-state index contributed by atoms with van der Waals surface area (Å²) in [5, 5.41) is 0. The summed E-state index contributed by atoms with van der Waals surface area (Å²) in [5.74, 6) is 1.48. The van der Waals surface area contributed by atoms with E-state index in [-0.39, 0.29) is 5.82 Å². The van der Waals surface area contributed by atoms with Gasteiger partial charge in [-0.3, -0.25) is 0 Å². The third kappa shape index (κ3) is 3.51. The molecule has 0 aliphatic carbocycles. The van der Waals surface area contributed by atoms with Gasteiger partial charge in [-0.2, -0.15) is 0 Å². The first kappa shape index (κ1) is 21.6. The van der Waals surface area contributed by atoms with Crippen molar-refractivity contribution in [2.75, 3.05) is 14.2 Å².